The zero-order chi connectivity index (χ0) is 32.0. The summed E-state index contributed by atoms with van der Waals surface area (Å²) in [5.74, 6) is -1.59. The van der Waals surface area contributed by atoms with Gasteiger partial charge in [-0.1, -0.05) is 68.4 Å². The Morgan fingerprint density at radius 1 is 0.864 bits per heavy atom. The maximum Gasteiger partial charge on any atom is 0.246 e. The van der Waals surface area contributed by atoms with Crippen LogP contribution < -0.4 is 10.6 Å². The normalized spacial score (nSPS) is 16.7. The van der Waals surface area contributed by atoms with Crippen molar-refractivity contribution >= 4 is 34.4 Å². The first-order chi connectivity index (χ1) is 20.9. The third-order valence-electron chi connectivity index (χ3n) is 7.89. The minimum atomic E-state index is -0.926. The number of amides is 4. The molecule has 0 radical (unpaired) electrons. The van der Waals surface area contributed by atoms with E-state index in [1.165, 1.54) is 19.1 Å². The summed E-state index contributed by atoms with van der Waals surface area (Å²) < 4.78 is 13.5. The van der Waals surface area contributed by atoms with Crippen molar-refractivity contribution in [2.45, 2.75) is 78.0 Å². The highest BCUT2D eigenvalue weighted by molar-refractivity contribution is 5.95. The fourth-order valence-corrected chi connectivity index (χ4v) is 5.87. The standard InChI is InChI=1S/C35H43FN4O4/c1-22(2)18-32-35(44)39(16-17-40(32)34(43)30(38-24(5)41)20-25-11-14-29(36)15-12-25)31(33(42)37-23(3)4)21-26-10-13-27-8-6-7-9-28(27)19-26/h6-15,19,22-23,30-32H,16-18,20-21H2,1-5H3,(H,37,42)(H,38,41). The van der Waals surface area contributed by atoms with E-state index in [4.69, 9.17) is 0 Å². The van der Waals surface area contributed by atoms with Crippen LogP contribution >= 0.6 is 0 Å². The van der Waals surface area contributed by atoms with Crippen LogP contribution in [0.4, 0.5) is 4.39 Å². The molecular weight excluding hydrogens is 559 g/mol. The number of benzene rings is 3. The van der Waals surface area contributed by atoms with E-state index in [9.17, 15) is 23.6 Å². The van der Waals surface area contributed by atoms with Gasteiger partial charge < -0.3 is 20.4 Å². The van der Waals surface area contributed by atoms with Gasteiger partial charge in [-0.15, -0.1) is 0 Å². The molecule has 1 heterocycles. The van der Waals surface area contributed by atoms with E-state index < -0.39 is 23.9 Å². The van der Waals surface area contributed by atoms with Crippen molar-refractivity contribution in [2.75, 3.05) is 13.1 Å². The molecule has 8 nitrogen and oxygen atoms in total. The van der Waals surface area contributed by atoms with Gasteiger partial charge in [-0.3, -0.25) is 19.2 Å². The topological polar surface area (TPSA) is 98.8 Å². The van der Waals surface area contributed by atoms with Crippen molar-refractivity contribution in [1.82, 2.24) is 20.4 Å². The SMILES string of the molecule is CC(=O)NC(Cc1ccc(F)cc1)C(=O)N1CCN(C(Cc2ccc3ccccc3c2)C(=O)NC(C)C)C(=O)C1CC(C)C. The largest absolute Gasteiger partial charge is 0.352 e. The maximum atomic E-state index is 14.3. The summed E-state index contributed by atoms with van der Waals surface area (Å²) in [6, 6.07) is 17.2. The Bertz CT molecular complexity index is 1490. The van der Waals surface area contributed by atoms with Crippen LogP contribution in [-0.2, 0) is 32.0 Å². The van der Waals surface area contributed by atoms with Gasteiger partial charge in [-0.05, 0) is 60.2 Å². The number of hydrogen-bond donors (Lipinski definition) is 2. The Labute approximate surface area is 259 Å². The summed E-state index contributed by atoms with van der Waals surface area (Å²) in [6.07, 6.45) is 0.887. The molecule has 1 fully saturated rings. The second-order valence-corrected chi connectivity index (χ2v) is 12.4. The van der Waals surface area contributed by atoms with Gasteiger partial charge >= 0.3 is 0 Å². The number of fused-ring (bicyclic) bond motifs is 1. The quantitative estimate of drug-likeness (QED) is 0.343. The van der Waals surface area contributed by atoms with E-state index in [1.54, 1.807) is 21.9 Å². The summed E-state index contributed by atoms with van der Waals surface area (Å²) in [5.41, 5.74) is 1.62. The van der Waals surface area contributed by atoms with Crippen LogP contribution in [-0.4, -0.2) is 70.7 Å². The van der Waals surface area contributed by atoms with Crippen molar-refractivity contribution in [1.29, 1.82) is 0 Å². The Hall–Kier alpha value is -4.27. The molecule has 0 bridgehead atoms. The minimum absolute atomic E-state index is 0.0824. The lowest BCUT2D eigenvalue weighted by molar-refractivity contribution is -0.157. The van der Waals surface area contributed by atoms with Crippen molar-refractivity contribution in [3.63, 3.8) is 0 Å². The number of rotatable bonds is 11. The van der Waals surface area contributed by atoms with Gasteiger partial charge in [0.25, 0.3) is 0 Å². The molecule has 44 heavy (non-hydrogen) atoms. The zero-order valence-corrected chi connectivity index (χ0v) is 26.2. The third-order valence-corrected chi connectivity index (χ3v) is 7.89. The zero-order valence-electron chi connectivity index (χ0n) is 26.2. The van der Waals surface area contributed by atoms with Gasteiger partial charge in [0.1, 0.15) is 23.9 Å². The molecule has 3 atom stereocenters. The fraction of sp³-hybridized carbons (Fsp3) is 0.429. The lowest BCUT2D eigenvalue weighted by Gasteiger charge is -2.45. The second kappa shape index (κ2) is 14.5. The third kappa shape index (κ3) is 8.21. The van der Waals surface area contributed by atoms with E-state index in [0.29, 0.717) is 18.4 Å². The molecule has 1 saturated heterocycles. The Morgan fingerprint density at radius 3 is 2.16 bits per heavy atom. The van der Waals surface area contributed by atoms with Crippen LogP contribution in [0.1, 0.15) is 52.2 Å². The molecule has 4 amide bonds. The van der Waals surface area contributed by atoms with E-state index in [0.717, 1.165) is 16.3 Å². The van der Waals surface area contributed by atoms with Crippen LogP contribution in [0.2, 0.25) is 0 Å². The number of carbonyl (C=O) groups excluding carboxylic acids is 4. The fourth-order valence-electron chi connectivity index (χ4n) is 5.87. The second-order valence-electron chi connectivity index (χ2n) is 12.4. The number of nitrogens with zero attached hydrogens (tertiary/aromatic N) is 2. The Balaban J connectivity index is 1.63. The van der Waals surface area contributed by atoms with Crippen LogP contribution in [0, 0.1) is 11.7 Å². The molecular formula is C35H43FN4O4. The van der Waals surface area contributed by atoms with E-state index in [1.807, 2.05) is 70.2 Å². The van der Waals surface area contributed by atoms with E-state index in [2.05, 4.69) is 10.6 Å². The van der Waals surface area contributed by atoms with Crippen molar-refractivity contribution in [3.05, 3.63) is 83.7 Å². The Kier molecular flexibility index (Phi) is 10.7. The molecule has 3 unspecified atom stereocenters. The molecule has 1 aliphatic heterocycles. The highest BCUT2D eigenvalue weighted by Crippen LogP contribution is 2.25. The molecule has 0 saturated carbocycles. The van der Waals surface area contributed by atoms with Gasteiger partial charge in [0.15, 0.2) is 0 Å². The average molecular weight is 603 g/mol. The average Bonchev–Trinajstić information content (AvgIpc) is 2.96. The first kappa shape index (κ1) is 32.6. The summed E-state index contributed by atoms with van der Waals surface area (Å²) >= 11 is 0. The van der Waals surface area contributed by atoms with Gasteiger partial charge in [-0.25, -0.2) is 4.39 Å². The predicted octanol–water partition coefficient (Wildman–Crippen LogP) is 4.25. The summed E-state index contributed by atoms with van der Waals surface area (Å²) in [7, 11) is 0. The minimum Gasteiger partial charge on any atom is -0.352 e. The highest BCUT2D eigenvalue weighted by atomic mass is 19.1. The molecule has 3 aromatic rings. The van der Waals surface area contributed by atoms with Crippen molar-refractivity contribution < 1.29 is 23.6 Å². The smallest absolute Gasteiger partial charge is 0.246 e. The molecule has 2 N–H and O–H groups in total. The van der Waals surface area contributed by atoms with Gasteiger partial charge in [0, 0.05) is 38.9 Å². The number of piperazine rings is 1. The summed E-state index contributed by atoms with van der Waals surface area (Å²) in [6.45, 7) is 9.46. The van der Waals surface area contributed by atoms with Gasteiger partial charge in [0.05, 0.1) is 0 Å². The number of halogens is 1. The van der Waals surface area contributed by atoms with E-state index in [-0.39, 0.29) is 55.1 Å². The number of nitrogens with one attached hydrogen (secondary N) is 2. The van der Waals surface area contributed by atoms with Crippen molar-refractivity contribution in [3.8, 4) is 0 Å². The van der Waals surface area contributed by atoms with Crippen LogP contribution in [0.3, 0.4) is 0 Å². The number of carbonyl (C=O) groups is 4. The van der Waals surface area contributed by atoms with Crippen molar-refractivity contribution in [2.24, 2.45) is 5.92 Å². The van der Waals surface area contributed by atoms with Gasteiger partial charge in [-0.2, -0.15) is 0 Å². The molecule has 0 aromatic heterocycles. The lowest BCUT2D eigenvalue weighted by atomic mass is 9.94. The van der Waals surface area contributed by atoms with E-state index >= 15 is 0 Å². The summed E-state index contributed by atoms with van der Waals surface area (Å²) in [4.78, 5) is 57.2. The highest BCUT2D eigenvalue weighted by Gasteiger charge is 2.43. The monoisotopic (exact) mass is 602 g/mol. The Morgan fingerprint density at radius 2 is 1.52 bits per heavy atom. The van der Waals surface area contributed by atoms with Crippen LogP contribution in [0.25, 0.3) is 10.8 Å². The molecule has 0 spiro atoms. The molecule has 0 aliphatic carbocycles. The van der Waals surface area contributed by atoms with Crippen LogP contribution in [0.5, 0.6) is 0 Å². The predicted molar refractivity (Wildman–Crippen MR) is 169 cm³/mol. The molecule has 9 heteroatoms. The first-order valence-corrected chi connectivity index (χ1v) is 15.3. The van der Waals surface area contributed by atoms with Crippen LogP contribution in [0.15, 0.2) is 66.7 Å². The molecule has 1 aliphatic rings. The lowest BCUT2D eigenvalue weighted by Crippen LogP contribution is -2.66. The maximum absolute atomic E-state index is 14.3. The first-order valence-electron chi connectivity index (χ1n) is 15.3. The summed E-state index contributed by atoms with van der Waals surface area (Å²) in [5, 5.41) is 7.87. The van der Waals surface area contributed by atoms with Gasteiger partial charge in [0.2, 0.25) is 23.6 Å². The molecule has 4 rings (SSSR count). The number of hydrogen-bond acceptors (Lipinski definition) is 4. The molecule has 234 valence electrons. The molecule has 3 aromatic carbocycles.